The number of aromatic nitrogens is 4. The fourth-order valence-electron chi connectivity index (χ4n) is 3.44. The third-order valence-electron chi connectivity index (χ3n) is 4.83. The van der Waals surface area contributed by atoms with Crippen molar-refractivity contribution in [3.63, 3.8) is 0 Å². The Kier molecular flexibility index (Phi) is 5.34. The van der Waals surface area contributed by atoms with E-state index in [-0.39, 0.29) is 5.91 Å². The van der Waals surface area contributed by atoms with E-state index in [0.29, 0.717) is 35.3 Å². The second-order valence-electron chi connectivity index (χ2n) is 6.67. The lowest BCUT2D eigenvalue weighted by atomic mass is 9.95. The van der Waals surface area contributed by atoms with Crippen LogP contribution < -0.4 is 20.1 Å². The van der Waals surface area contributed by atoms with Crippen LogP contribution in [0.25, 0.3) is 0 Å². The molecule has 1 atom stereocenters. The molecule has 1 unspecified atom stereocenters. The van der Waals surface area contributed by atoms with E-state index in [1.807, 2.05) is 56.3 Å². The number of benzene rings is 2. The highest BCUT2D eigenvalue weighted by atomic mass is 16.5. The third kappa shape index (κ3) is 3.57. The van der Waals surface area contributed by atoms with Crippen LogP contribution in [0.3, 0.4) is 0 Å². The first kappa shape index (κ1) is 19.4. The smallest absolute Gasteiger partial charge is 0.255 e. The van der Waals surface area contributed by atoms with E-state index in [4.69, 9.17) is 9.47 Å². The van der Waals surface area contributed by atoms with Gasteiger partial charge >= 0.3 is 0 Å². The number of fused-ring (bicyclic) bond motifs is 1. The zero-order chi connectivity index (χ0) is 21.1. The summed E-state index contributed by atoms with van der Waals surface area (Å²) in [6.07, 6.45) is 0. The second-order valence-corrected chi connectivity index (χ2v) is 6.67. The van der Waals surface area contributed by atoms with Gasteiger partial charge in [-0.3, -0.25) is 4.79 Å². The van der Waals surface area contributed by atoms with Crippen molar-refractivity contribution in [2.75, 3.05) is 24.4 Å². The maximum atomic E-state index is 13.4. The van der Waals surface area contributed by atoms with Gasteiger partial charge in [-0.1, -0.05) is 29.4 Å². The number of nitrogens with zero attached hydrogens (tertiary/aromatic N) is 4. The van der Waals surface area contributed by atoms with Gasteiger partial charge in [0, 0.05) is 5.70 Å². The second kappa shape index (κ2) is 8.24. The van der Waals surface area contributed by atoms with Crippen LogP contribution in [0.15, 0.2) is 59.8 Å². The van der Waals surface area contributed by atoms with E-state index in [0.717, 1.165) is 11.3 Å². The zero-order valence-electron chi connectivity index (χ0n) is 16.9. The lowest BCUT2D eigenvalue weighted by molar-refractivity contribution is -0.113. The minimum Gasteiger partial charge on any atom is -0.497 e. The molecule has 0 saturated carbocycles. The highest BCUT2D eigenvalue weighted by Crippen LogP contribution is 2.36. The topological polar surface area (TPSA) is 103 Å². The molecule has 0 bridgehead atoms. The number of carbonyl (C=O) groups excluding carboxylic acids is 1. The summed E-state index contributed by atoms with van der Waals surface area (Å²) in [5.41, 5.74) is 2.63. The van der Waals surface area contributed by atoms with Gasteiger partial charge < -0.3 is 20.1 Å². The lowest BCUT2D eigenvalue weighted by Crippen LogP contribution is -2.31. The van der Waals surface area contributed by atoms with E-state index < -0.39 is 6.04 Å². The Morgan fingerprint density at radius 1 is 1.20 bits per heavy atom. The quantitative estimate of drug-likeness (QED) is 0.649. The predicted molar refractivity (Wildman–Crippen MR) is 112 cm³/mol. The molecule has 0 spiro atoms. The average molecular weight is 406 g/mol. The molecule has 2 N–H and O–H groups in total. The molecule has 1 aliphatic heterocycles. The molecule has 2 heterocycles. The fraction of sp³-hybridized carbons (Fsp3) is 0.238. The molecule has 2 aromatic carbocycles. The highest BCUT2D eigenvalue weighted by Gasteiger charge is 2.34. The van der Waals surface area contributed by atoms with Crippen molar-refractivity contribution >= 4 is 17.5 Å². The summed E-state index contributed by atoms with van der Waals surface area (Å²) in [7, 11) is 1.61. The normalized spacial score (nSPS) is 15.2. The van der Waals surface area contributed by atoms with Crippen molar-refractivity contribution in [3.8, 4) is 11.5 Å². The minimum atomic E-state index is -0.499. The van der Waals surface area contributed by atoms with Crippen LogP contribution in [0, 0.1) is 0 Å². The summed E-state index contributed by atoms with van der Waals surface area (Å²) in [6, 6.07) is 14.3. The van der Waals surface area contributed by atoms with E-state index in [1.165, 1.54) is 0 Å². The maximum absolute atomic E-state index is 13.4. The maximum Gasteiger partial charge on any atom is 0.255 e. The molecular formula is C21H22N6O3. The van der Waals surface area contributed by atoms with Crippen LogP contribution in [-0.2, 0) is 4.79 Å². The van der Waals surface area contributed by atoms with E-state index in [2.05, 4.69) is 26.2 Å². The molecule has 1 aliphatic rings. The summed E-state index contributed by atoms with van der Waals surface area (Å²) in [4.78, 5) is 13.4. The summed E-state index contributed by atoms with van der Waals surface area (Å²) in [5.74, 6) is 1.54. The van der Waals surface area contributed by atoms with Gasteiger partial charge in [0.25, 0.3) is 5.91 Å². The van der Waals surface area contributed by atoms with Crippen molar-refractivity contribution in [2.24, 2.45) is 0 Å². The summed E-state index contributed by atoms with van der Waals surface area (Å²) < 4.78 is 12.5. The van der Waals surface area contributed by atoms with Gasteiger partial charge in [0.1, 0.15) is 17.5 Å². The molecule has 30 heavy (non-hydrogen) atoms. The molecule has 0 aliphatic carbocycles. The molecule has 4 rings (SSSR count). The van der Waals surface area contributed by atoms with E-state index in [1.54, 1.807) is 17.9 Å². The number of nitrogens with one attached hydrogen (secondary N) is 2. The first-order valence-corrected chi connectivity index (χ1v) is 9.55. The Balaban J connectivity index is 1.73. The first-order chi connectivity index (χ1) is 14.6. The predicted octanol–water partition coefficient (Wildman–Crippen LogP) is 3.01. The number of anilines is 2. The number of para-hydroxylation sites is 2. The summed E-state index contributed by atoms with van der Waals surface area (Å²) >= 11 is 0. The summed E-state index contributed by atoms with van der Waals surface area (Å²) in [6.45, 7) is 4.23. The minimum absolute atomic E-state index is 0.269. The van der Waals surface area contributed by atoms with E-state index in [9.17, 15) is 4.79 Å². The number of rotatable bonds is 6. The molecule has 0 radical (unpaired) electrons. The van der Waals surface area contributed by atoms with Gasteiger partial charge in [-0.15, -0.1) is 0 Å². The van der Waals surface area contributed by atoms with Gasteiger partial charge in [0.2, 0.25) is 5.95 Å². The van der Waals surface area contributed by atoms with Crippen molar-refractivity contribution < 1.29 is 14.3 Å². The largest absolute Gasteiger partial charge is 0.497 e. The molecule has 0 fully saturated rings. The fourth-order valence-corrected chi connectivity index (χ4v) is 3.44. The van der Waals surface area contributed by atoms with Crippen molar-refractivity contribution in [1.29, 1.82) is 0 Å². The zero-order valence-corrected chi connectivity index (χ0v) is 16.9. The molecule has 1 aromatic heterocycles. The number of methoxy groups -OCH3 is 1. The van der Waals surface area contributed by atoms with Gasteiger partial charge in [0.15, 0.2) is 0 Å². The number of tetrazole rings is 1. The van der Waals surface area contributed by atoms with Gasteiger partial charge in [-0.25, -0.2) is 0 Å². The Labute approximate surface area is 173 Å². The molecule has 9 heteroatoms. The molecule has 1 amide bonds. The Bertz CT molecular complexity index is 1090. The number of amides is 1. The van der Waals surface area contributed by atoms with Crippen LogP contribution >= 0.6 is 0 Å². The van der Waals surface area contributed by atoms with Crippen molar-refractivity contribution in [2.45, 2.75) is 19.9 Å². The molecule has 0 saturated heterocycles. The number of hydrogen-bond donors (Lipinski definition) is 2. The SMILES string of the molecule is CCOc1ccccc1NC(=O)C1=C(C)Nc2nnnn2C1c1ccc(OC)cc1. The van der Waals surface area contributed by atoms with Gasteiger partial charge in [-0.2, -0.15) is 4.68 Å². The lowest BCUT2D eigenvalue weighted by Gasteiger charge is -2.28. The third-order valence-corrected chi connectivity index (χ3v) is 4.83. The number of ether oxygens (including phenoxy) is 2. The Morgan fingerprint density at radius 2 is 1.97 bits per heavy atom. The van der Waals surface area contributed by atoms with Crippen LogP contribution in [0.1, 0.15) is 25.5 Å². The highest BCUT2D eigenvalue weighted by molar-refractivity contribution is 6.06. The van der Waals surface area contributed by atoms with Crippen LogP contribution in [0.5, 0.6) is 11.5 Å². The molecule has 3 aromatic rings. The number of carbonyl (C=O) groups is 1. The molecular weight excluding hydrogens is 384 g/mol. The van der Waals surface area contributed by atoms with Gasteiger partial charge in [0.05, 0.1) is 25.0 Å². The van der Waals surface area contributed by atoms with Gasteiger partial charge in [-0.05, 0) is 54.1 Å². The monoisotopic (exact) mass is 406 g/mol. The van der Waals surface area contributed by atoms with Crippen LogP contribution in [-0.4, -0.2) is 39.8 Å². The van der Waals surface area contributed by atoms with Crippen LogP contribution in [0.4, 0.5) is 11.6 Å². The van der Waals surface area contributed by atoms with Crippen LogP contribution in [0.2, 0.25) is 0 Å². The van der Waals surface area contributed by atoms with Crippen molar-refractivity contribution in [3.05, 3.63) is 65.4 Å². The standard InChI is InChI=1S/C21H22N6O3/c1-4-30-17-8-6-5-7-16(17)23-20(28)18-13(2)22-21-24-25-26-27(21)19(18)14-9-11-15(29-3)12-10-14/h5-12,19H,4H2,1-3H3,(H,23,28)(H,22,24,26). The van der Waals surface area contributed by atoms with Crippen molar-refractivity contribution in [1.82, 2.24) is 20.2 Å². The Morgan fingerprint density at radius 3 is 2.70 bits per heavy atom. The average Bonchev–Trinajstić information content (AvgIpc) is 3.22. The molecule has 154 valence electrons. The molecule has 9 nitrogen and oxygen atoms in total. The first-order valence-electron chi connectivity index (χ1n) is 9.55. The Hall–Kier alpha value is -3.88. The number of allylic oxidation sites excluding steroid dienone is 1. The van der Waals surface area contributed by atoms with E-state index >= 15 is 0 Å². The summed E-state index contributed by atoms with van der Waals surface area (Å²) in [5, 5.41) is 18.0. The number of hydrogen-bond acceptors (Lipinski definition) is 7.